The summed E-state index contributed by atoms with van der Waals surface area (Å²) in [6.07, 6.45) is 9.43. The van der Waals surface area contributed by atoms with Crippen molar-refractivity contribution in [1.82, 2.24) is 9.97 Å². The molecule has 4 aromatic rings. The van der Waals surface area contributed by atoms with Gasteiger partial charge in [-0.25, -0.2) is 0 Å². The van der Waals surface area contributed by atoms with Crippen molar-refractivity contribution in [2.45, 2.75) is 12.8 Å². The number of hydrogen-bond acceptors (Lipinski definition) is 6. The average molecular weight is 431 g/mol. The van der Waals surface area contributed by atoms with Gasteiger partial charge in [0.1, 0.15) is 0 Å². The van der Waals surface area contributed by atoms with Gasteiger partial charge in [0.15, 0.2) is 23.0 Å². The number of aryl methyl sites for hydroxylation is 1. The van der Waals surface area contributed by atoms with Gasteiger partial charge < -0.3 is 18.9 Å². The molecule has 0 amide bonds. The molecule has 2 aromatic carbocycles. The van der Waals surface area contributed by atoms with Crippen LogP contribution in [0.15, 0.2) is 54.9 Å². The van der Waals surface area contributed by atoms with E-state index in [-0.39, 0.29) is 0 Å². The molecule has 2 heterocycles. The van der Waals surface area contributed by atoms with Crippen LogP contribution in [0, 0.1) is 0 Å². The molecule has 164 valence electrons. The van der Waals surface area contributed by atoms with Gasteiger partial charge in [0.2, 0.25) is 0 Å². The van der Waals surface area contributed by atoms with Crippen molar-refractivity contribution in [3.8, 4) is 23.0 Å². The summed E-state index contributed by atoms with van der Waals surface area (Å²) >= 11 is 0. The third kappa shape index (κ3) is 4.17. The lowest BCUT2D eigenvalue weighted by Gasteiger charge is -2.11. The van der Waals surface area contributed by atoms with Gasteiger partial charge >= 0.3 is 0 Å². The summed E-state index contributed by atoms with van der Waals surface area (Å²) < 4.78 is 21.7. The number of fused-ring (bicyclic) bond motifs is 2. The fraction of sp³-hybridized carbons (Fsp3) is 0.231. The second-order valence-electron chi connectivity index (χ2n) is 7.25. The van der Waals surface area contributed by atoms with Crippen molar-refractivity contribution in [3.05, 3.63) is 66.3 Å². The first-order chi connectivity index (χ1) is 15.7. The van der Waals surface area contributed by atoms with Crippen molar-refractivity contribution in [3.63, 3.8) is 0 Å². The third-order valence-corrected chi connectivity index (χ3v) is 5.47. The molecule has 0 aliphatic heterocycles. The Bertz CT molecular complexity index is 1280. The van der Waals surface area contributed by atoms with E-state index in [9.17, 15) is 0 Å². The molecule has 0 unspecified atom stereocenters. The summed E-state index contributed by atoms with van der Waals surface area (Å²) in [5.41, 5.74) is 1.91. The Morgan fingerprint density at radius 1 is 0.688 bits per heavy atom. The Labute approximate surface area is 187 Å². The molecule has 0 fully saturated rings. The van der Waals surface area contributed by atoms with E-state index in [1.165, 1.54) is 0 Å². The fourth-order valence-corrected chi connectivity index (χ4v) is 3.83. The topological polar surface area (TPSA) is 62.7 Å². The van der Waals surface area contributed by atoms with Crippen LogP contribution in [0.4, 0.5) is 0 Å². The first-order valence-corrected chi connectivity index (χ1v) is 10.4. The Morgan fingerprint density at radius 2 is 1.22 bits per heavy atom. The summed E-state index contributed by atoms with van der Waals surface area (Å²) in [7, 11) is 6.56. The number of methoxy groups -OCH3 is 4. The van der Waals surface area contributed by atoms with Gasteiger partial charge in [0.05, 0.1) is 34.1 Å². The lowest BCUT2D eigenvalue weighted by molar-refractivity contribution is 0.356. The van der Waals surface area contributed by atoms with Gasteiger partial charge in [-0.15, -0.1) is 0 Å². The molecule has 2 aromatic heterocycles. The molecule has 4 rings (SSSR count). The number of pyridine rings is 2. The van der Waals surface area contributed by atoms with E-state index in [4.69, 9.17) is 18.9 Å². The summed E-state index contributed by atoms with van der Waals surface area (Å²) in [5.74, 6) is 2.81. The Hall–Kier alpha value is -3.80. The molecule has 0 saturated heterocycles. The van der Waals surface area contributed by atoms with Crippen LogP contribution >= 0.6 is 0 Å². The maximum atomic E-state index is 5.46. The number of rotatable bonds is 8. The highest BCUT2D eigenvalue weighted by molar-refractivity contribution is 5.91. The molecule has 0 saturated carbocycles. The summed E-state index contributed by atoms with van der Waals surface area (Å²) in [6, 6.07) is 11.9. The SMILES string of the molecule is COc1cc2ccnc(/C=C/CCc3nccc4cc(OC)c(OC)cc34)c2cc1OC. The summed E-state index contributed by atoms with van der Waals surface area (Å²) in [6.45, 7) is 0. The molecular weight excluding hydrogens is 404 g/mol. The number of benzene rings is 2. The first-order valence-electron chi connectivity index (χ1n) is 10.4. The zero-order valence-corrected chi connectivity index (χ0v) is 18.7. The quantitative estimate of drug-likeness (QED) is 0.370. The van der Waals surface area contributed by atoms with Crippen LogP contribution in [0.25, 0.3) is 27.6 Å². The monoisotopic (exact) mass is 430 g/mol. The minimum absolute atomic E-state index is 0.687. The highest BCUT2D eigenvalue weighted by Gasteiger charge is 2.10. The molecule has 6 heteroatoms. The predicted octanol–water partition coefficient (Wildman–Crippen LogP) is 5.46. The van der Waals surface area contributed by atoms with Crippen molar-refractivity contribution in [2.75, 3.05) is 28.4 Å². The molecule has 0 aliphatic carbocycles. The number of hydrogen-bond donors (Lipinski definition) is 0. The molecular formula is C26H26N2O4. The second kappa shape index (κ2) is 9.56. The van der Waals surface area contributed by atoms with E-state index in [0.717, 1.165) is 45.8 Å². The Morgan fingerprint density at radius 3 is 1.84 bits per heavy atom. The maximum absolute atomic E-state index is 5.46. The molecule has 0 spiro atoms. The molecule has 0 atom stereocenters. The summed E-state index contributed by atoms with van der Waals surface area (Å²) in [5, 5.41) is 4.21. The maximum Gasteiger partial charge on any atom is 0.161 e. The average Bonchev–Trinajstić information content (AvgIpc) is 2.84. The third-order valence-electron chi connectivity index (χ3n) is 5.47. The lowest BCUT2D eigenvalue weighted by atomic mass is 10.0. The normalized spacial score (nSPS) is 11.2. The van der Waals surface area contributed by atoms with E-state index in [0.29, 0.717) is 23.0 Å². The van der Waals surface area contributed by atoms with Crippen molar-refractivity contribution < 1.29 is 18.9 Å². The molecule has 0 radical (unpaired) electrons. The minimum Gasteiger partial charge on any atom is -0.493 e. The zero-order chi connectivity index (χ0) is 22.5. The van der Waals surface area contributed by atoms with E-state index < -0.39 is 0 Å². The smallest absolute Gasteiger partial charge is 0.161 e. The van der Waals surface area contributed by atoms with Crippen LogP contribution in [0.5, 0.6) is 23.0 Å². The van der Waals surface area contributed by atoms with Gasteiger partial charge in [0, 0.05) is 28.9 Å². The zero-order valence-electron chi connectivity index (χ0n) is 18.7. The second-order valence-corrected chi connectivity index (χ2v) is 7.25. The van der Waals surface area contributed by atoms with Gasteiger partial charge in [0.25, 0.3) is 0 Å². The number of ether oxygens (including phenoxy) is 4. The number of aromatic nitrogens is 2. The largest absolute Gasteiger partial charge is 0.493 e. The van der Waals surface area contributed by atoms with E-state index in [1.807, 2.05) is 48.7 Å². The van der Waals surface area contributed by atoms with Gasteiger partial charge in [-0.05, 0) is 66.1 Å². The van der Waals surface area contributed by atoms with Crippen LogP contribution in [0.2, 0.25) is 0 Å². The first kappa shape index (κ1) is 21.4. The number of nitrogens with zero attached hydrogens (tertiary/aromatic N) is 2. The van der Waals surface area contributed by atoms with Crippen molar-refractivity contribution in [1.29, 1.82) is 0 Å². The predicted molar refractivity (Wildman–Crippen MR) is 127 cm³/mol. The van der Waals surface area contributed by atoms with Crippen LogP contribution in [-0.2, 0) is 6.42 Å². The Kier molecular flexibility index (Phi) is 6.40. The van der Waals surface area contributed by atoms with E-state index >= 15 is 0 Å². The van der Waals surface area contributed by atoms with Gasteiger partial charge in [-0.1, -0.05) is 6.08 Å². The van der Waals surface area contributed by atoms with Crippen LogP contribution < -0.4 is 18.9 Å². The Balaban J connectivity index is 1.58. The van der Waals surface area contributed by atoms with Crippen LogP contribution in [0.1, 0.15) is 17.8 Å². The van der Waals surface area contributed by atoms with Crippen LogP contribution in [-0.4, -0.2) is 38.4 Å². The molecule has 6 nitrogen and oxygen atoms in total. The van der Waals surface area contributed by atoms with Crippen molar-refractivity contribution in [2.24, 2.45) is 0 Å². The van der Waals surface area contributed by atoms with E-state index in [2.05, 4.69) is 16.0 Å². The molecule has 0 N–H and O–H groups in total. The van der Waals surface area contributed by atoms with E-state index in [1.54, 1.807) is 34.6 Å². The van der Waals surface area contributed by atoms with Crippen molar-refractivity contribution >= 4 is 27.6 Å². The van der Waals surface area contributed by atoms with Crippen LogP contribution in [0.3, 0.4) is 0 Å². The lowest BCUT2D eigenvalue weighted by Crippen LogP contribution is -1.95. The highest BCUT2D eigenvalue weighted by atomic mass is 16.5. The fourth-order valence-electron chi connectivity index (χ4n) is 3.83. The standard InChI is InChI=1S/C26H26N2O4/c1-29-23-13-17-9-11-27-21(19(17)15-25(23)31-3)7-5-6-8-22-20-16-26(32-4)24(30-2)14-18(20)10-12-28-22/h5,7,9-16H,6,8H2,1-4H3/b7-5+. The van der Waals surface area contributed by atoms with Gasteiger partial charge in [-0.3, -0.25) is 9.97 Å². The number of allylic oxidation sites excluding steroid dienone is 1. The summed E-state index contributed by atoms with van der Waals surface area (Å²) in [4.78, 5) is 9.14. The molecule has 0 bridgehead atoms. The highest BCUT2D eigenvalue weighted by Crippen LogP contribution is 2.34. The van der Waals surface area contributed by atoms with Gasteiger partial charge in [-0.2, -0.15) is 0 Å². The molecule has 0 aliphatic rings. The minimum atomic E-state index is 0.687. The molecule has 32 heavy (non-hydrogen) atoms.